The molecule has 0 atom stereocenters. The van der Waals surface area contributed by atoms with Crippen molar-refractivity contribution in [2.45, 2.75) is 26.7 Å². The predicted molar refractivity (Wildman–Crippen MR) is 89.7 cm³/mol. The van der Waals surface area contributed by atoms with Crippen LogP contribution < -0.4 is 0 Å². The topological polar surface area (TPSA) is 0 Å². The summed E-state index contributed by atoms with van der Waals surface area (Å²) in [5.41, 5.74) is 6.41. The molecule has 2 aromatic carbocycles. The minimum atomic E-state index is 0.998. The molecular formula is C20H22. The maximum atomic E-state index is 4.27. The lowest BCUT2D eigenvalue weighted by Gasteiger charge is -2.10. The van der Waals surface area contributed by atoms with Crippen molar-refractivity contribution in [2.75, 3.05) is 0 Å². The average Bonchev–Trinajstić information content (AvgIpc) is 2.47. The Kier molecular flexibility index (Phi) is 4.95. The molecule has 0 saturated heterocycles. The summed E-state index contributed by atoms with van der Waals surface area (Å²) < 4.78 is 0. The minimum Gasteiger partial charge on any atom is -0.0952 e. The van der Waals surface area contributed by atoms with Crippen molar-refractivity contribution in [1.82, 2.24) is 0 Å². The van der Waals surface area contributed by atoms with Gasteiger partial charge in [0.15, 0.2) is 0 Å². The molecule has 0 heteroatoms. The van der Waals surface area contributed by atoms with Gasteiger partial charge in [-0.2, -0.15) is 0 Å². The summed E-state index contributed by atoms with van der Waals surface area (Å²) in [4.78, 5) is 0. The third-order valence-electron chi connectivity index (χ3n) is 3.52. The second-order valence-electron chi connectivity index (χ2n) is 5.18. The molecule has 0 bridgehead atoms. The van der Waals surface area contributed by atoms with Crippen molar-refractivity contribution in [3.63, 3.8) is 0 Å². The summed E-state index contributed by atoms with van der Waals surface area (Å²) in [6.45, 7) is 8.44. The van der Waals surface area contributed by atoms with E-state index >= 15 is 0 Å². The van der Waals surface area contributed by atoms with E-state index in [-0.39, 0.29) is 0 Å². The van der Waals surface area contributed by atoms with E-state index in [4.69, 9.17) is 0 Å². The van der Waals surface area contributed by atoms with E-state index in [0.29, 0.717) is 0 Å². The zero-order valence-electron chi connectivity index (χ0n) is 12.4. The largest absolute Gasteiger partial charge is 0.0952 e. The van der Waals surface area contributed by atoms with E-state index < -0.39 is 0 Å². The lowest BCUT2D eigenvalue weighted by atomic mass is 9.95. The molecule has 2 aromatic rings. The van der Waals surface area contributed by atoms with Gasteiger partial charge >= 0.3 is 0 Å². The summed E-state index contributed by atoms with van der Waals surface area (Å²) in [6.07, 6.45) is 6.26. The maximum absolute atomic E-state index is 4.27. The average molecular weight is 262 g/mol. The van der Waals surface area contributed by atoms with Gasteiger partial charge < -0.3 is 0 Å². The lowest BCUT2D eigenvalue weighted by Crippen LogP contribution is -1.91. The van der Waals surface area contributed by atoms with Crippen molar-refractivity contribution in [3.05, 3.63) is 83.4 Å². The van der Waals surface area contributed by atoms with Crippen molar-refractivity contribution in [2.24, 2.45) is 0 Å². The SMILES string of the molecule is C=C(CCc1ccc(C)cc1)c1ccccc1/C=C\C. The van der Waals surface area contributed by atoms with E-state index in [1.165, 1.54) is 27.8 Å². The highest BCUT2D eigenvalue weighted by Gasteiger charge is 2.04. The fourth-order valence-corrected chi connectivity index (χ4v) is 2.33. The summed E-state index contributed by atoms with van der Waals surface area (Å²) in [7, 11) is 0. The van der Waals surface area contributed by atoms with Gasteiger partial charge in [-0.05, 0) is 49.0 Å². The van der Waals surface area contributed by atoms with Crippen LogP contribution in [0, 0.1) is 6.92 Å². The van der Waals surface area contributed by atoms with Crippen LogP contribution in [0.4, 0.5) is 0 Å². The van der Waals surface area contributed by atoms with Gasteiger partial charge in [-0.25, -0.2) is 0 Å². The van der Waals surface area contributed by atoms with Gasteiger partial charge in [0, 0.05) is 0 Å². The molecule has 0 aliphatic rings. The molecule has 0 spiro atoms. The number of benzene rings is 2. The highest BCUT2D eigenvalue weighted by atomic mass is 14.1. The Morgan fingerprint density at radius 2 is 1.75 bits per heavy atom. The summed E-state index contributed by atoms with van der Waals surface area (Å²) in [5, 5.41) is 0. The van der Waals surface area contributed by atoms with Crippen LogP contribution >= 0.6 is 0 Å². The molecule has 0 amide bonds. The third kappa shape index (κ3) is 3.71. The first-order chi connectivity index (χ1) is 9.70. The van der Waals surface area contributed by atoms with Crippen LogP contribution in [0.3, 0.4) is 0 Å². The van der Waals surface area contributed by atoms with E-state index in [1.54, 1.807) is 0 Å². The van der Waals surface area contributed by atoms with Gasteiger partial charge in [-0.3, -0.25) is 0 Å². The van der Waals surface area contributed by atoms with Crippen LogP contribution in [-0.4, -0.2) is 0 Å². The third-order valence-corrected chi connectivity index (χ3v) is 3.52. The summed E-state index contributed by atoms with van der Waals surface area (Å²) in [5.74, 6) is 0. The van der Waals surface area contributed by atoms with Crippen LogP contribution in [0.2, 0.25) is 0 Å². The molecule has 0 aliphatic carbocycles. The Balaban J connectivity index is 2.07. The molecule has 0 unspecified atom stereocenters. The highest BCUT2D eigenvalue weighted by Crippen LogP contribution is 2.23. The van der Waals surface area contributed by atoms with Gasteiger partial charge in [0.2, 0.25) is 0 Å². The van der Waals surface area contributed by atoms with Crippen LogP contribution in [0.1, 0.15) is 35.6 Å². The van der Waals surface area contributed by atoms with E-state index in [2.05, 4.69) is 74.2 Å². The van der Waals surface area contributed by atoms with Gasteiger partial charge in [0.1, 0.15) is 0 Å². The summed E-state index contributed by atoms with van der Waals surface area (Å²) >= 11 is 0. The Bertz CT molecular complexity index is 600. The van der Waals surface area contributed by atoms with Gasteiger partial charge in [0.25, 0.3) is 0 Å². The molecule has 0 saturated carbocycles. The Morgan fingerprint density at radius 1 is 1.05 bits per heavy atom. The Hall–Kier alpha value is -2.08. The highest BCUT2D eigenvalue weighted by molar-refractivity contribution is 5.73. The molecule has 102 valence electrons. The monoisotopic (exact) mass is 262 g/mol. The molecular weight excluding hydrogens is 240 g/mol. The molecule has 0 aliphatic heterocycles. The molecule has 20 heavy (non-hydrogen) atoms. The predicted octanol–water partition coefficient (Wildman–Crippen LogP) is 5.67. The molecule has 0 fully saturated rings. The van der Waals surface area contributed by atoms with Gasteiger partial charge in [-0.1, -0.05) is 72.8 Å². The molecule has 0 N–H and O–H groups in total. The Morgan fingerprint density at radius 3 is 2.45 bits per heavy atom. The van der Waals surface area contributed by atoms with Crippen molar-refractivity contribution < 1.29 is 0 Å². The number of hydrogen-bond donors (Lipinski definition) is 0. The molecule has 0 nitrogen and oxygen atoms in total. The van der Waals surface area contributed by atoms with Crippen molar-refractivity contribution >= 4 is 11.6 Å². The van der Waals surface area contributed by atoms with Gasteiger partial charge in [-0.15, -0.1) is 0 Å². The zero-order valence-corrected chi connectivity index (χ0v) is 12.4. The fraction of sp³-hybridized carbons (Fsp3) is 0.200. The van der Waals surface area contributed by atoms with E-state index in [0.717, 1.165) is 12.8 Å². The van der Waals surface area contributed by atoms with Crippen LogP contribution in [0.5, 0.6) is 0 Å². The first kappa shape index (κ1) is 14.3. The normalized spacial score (nSPS) is 10.9. The van der Waals surface area contributed by atoms with Crippen LogP contribution in [0.15, 0.2) is 61.2 Å². The molecule has 0 heterocycles. The first-order valence-electron chi connectivity index (χ1n) is 7.16. The number of aryl methyl sites for hydroxylation is 2. The quantitative estimate of drug-likeness (QED) is 0.651. The second kappa shape index (κ2) is 6.91. The van der Waals surface area contributed by atoms with Crippen LogP contribution in [0.25, 0.3) is 11.6 Å². The molecule has 0 radical (unpaired) electrons. The summed E-state index contributed by atoms with van der Waals surface area (Å²) in [6, 6.07) is 17.2. The Labute approximate surface area is 122 Å². The standard InChI is InChI=1S/C20H22/c1-4-7-19-8-5-6-9-20(19)17(3)12-15-18-13-10-16(2)11-14-18/h4-11,13-14H,3,12,15H2,1-2H3/b7-4-. The molecule has 0 aromatic heterocycles. The first-order valence-corrected chi connectivity index (χ1v) is 7.16. The number of hydrogen-bond acceptors (Lipinski definition) is 0. The van der Waals surface area contributed by atoms with E-state index in [1.807, 2.05) is 6.92 Å². The number of allylic oxidation sites excluding steroid dienone is 2. The smallest absolute Gasteiger partial charge is 0.0158 e. The van der Waals surface area contributed by atoms with Gasteiger partial charge in [0.05, 0.1) is 0 Å². The van der Waals surface area contributed by atoms with Crippen molar-refractivity contribution in [3.8, 4) is 0 Å². The molecule has 2 rings (SSSR count). The minimum absolute atomic E-state index is 0.998. The van der Waals surface area contributed by atoms with Crippen molar-refractivity contribution in [1.29, 1.82) is 0 Å². The lowest BCUT2D eigenvalue weighted by molar-refractivity contribution is 1.02. The second-order valence-corrected chi connectivity index (χ2v) is 5.18. The van der Waals surface area contributed by atoms with Crippen LogP contribution in [-0.2, 0) is 6.42 Å². The zero-order chi connectivity index (χ0) is 14.4. The maximum Gasteiger partial charge on any atom is -0.0158 e. The number of rotatable bonds is 5. The van der Waals surface area contributed by atoms with E-state index in [9.17, 15) is 0 Å². The fourth-order valence-electron chi connectivity index (χ4n) is 2.33.